The van der Waals surface area contributed by atoms with Gasteiger partial charge in [0.25, 0.3) is 0 Å². The first-order chi connectivity index (χ1) is 13.6. The zero-order chi connectivity index (χ0) is 20.7. The molecule has 0 aromatic carbocycles. The molecule has 28 heavy (non-hydrogen) atoms. The summed E-state index contributed by atoms with van der Waals surface area (Å²) in [6.07, 6.45) is 20.4. The Morgan fingerprint density at radius 1 is 1.04 bits per heavy atom. The maximum absolute atomic E-state index is 11.5. The molecule has 0 aliphatic carbocycles. The Morgan fingerprint density at radius 3 is 2.25 bits per heavy atom. The van der Waals surface area contributed by atoms with Gasteiger partial charge in [0.05, 0.1) is 13.1 Å². The van der Waals surface area contributed by atoms with Crippen LogP contribution in [0.2, 0.25) is 0 Å². The van der Waals surface area contributed by atoms with Gasteiger partial charge in [0.1, 0.15) is 6.54 Å². The molecule has 1 aliphatic heterocycles. The number of nitrogens with one attached hydrogen (secondary N) is 1. The van der Waals surface area contributed by atoms with Crippen LogP contribution in [0.5, 0.6) is 0 Å². The largest absolute Gasteiger partial charge is 0.307 e. The van der Waals surface area contributed by atoms with E-state index in [1.54, 1.807) is 6.92 Å². The van der Waals surface area contributed by atoms with E-state index in [0.29, 0.717) is 0 Å². The van der Waals surface area contributed by atoms with Crippen LogP contribution in [-0.2, 0) is 4.79 Å². The summed E-state index contributed by atoms with van der Waals surface area (Å²) in [6, 6.07) is 0. The first kappa shape index (κ1) is 24.9. The molecule has 1 heterocycles. The zero-order valence-corrected chi connectivity index (χ0v) is 19.1. The lowest BCUT2D eigenvalue weighted by atomic mass is 10.1. The van der Waals surface area contributed by atoms with E-state index in [0.717, 1.165) is 30.5 Å². The van der Waals surface area contributed by atoms with Crippen molar-refractivity contribution in [2.45, 2.75) is 111 Å². The van der Waals surface area contributed by atoms with Gasteiger partial charge in [-0.1, -0.05) is 57.6 Å². The van der Waals surface area contributed by atoms with E-state index in [2.05, 4.69) is 38.2 Å². The molecule has 4 heteroatoms. The van der Waals surface area contributed by atoms with Crippen molar-refractivity contribution in [1.29, 1.82) is 0 Å². The molecule has 2 atom stereocenters. The van der Waals surface area contributed by atoms with Gasteiger partial charge in [-0.25, -0.2) is 4.99 Å². The highest BCUT2D eigenvalue weighted by Gasteiger charge is 2.41. The van der Waals surface area contributed by atoms with Crippen molar-refractivity contribution in [3.8, 4) is 0 Å². The number of hydrogen-bond donors (Lipinski definition) is 1. The van der Waals surface area contributed by atoms with E-state index in [1.807, 2.05) is 0 Å². The Bertz CT molecular complexity index is 486. The van der Waals surface area contributed by atoms with Gasteiger partial charge in [-0.05, 0) is 39.0 Å². The summed E-state index contributed by atoms with van der Waals surface area (Å²) >= 11 is 0. The maximum atomic E-state index is 11.5. The van der Waals surface area contributed by atoms with Crippen LogP contribution in [0.1, 0.15) is 105 Å². The number of quaternary nitrogens is 1. The molecular weight excluding hydrogens is 346 g/mol. The number of nitrogens with zero attached hydrogens (tertiary/aromatic N) is 2. The summed E-state index contributed by atoms with van der Waals surface area (Å²) in [7, 11) is 0. The number of likely N-dealkylation sites (N-methyl/N-ethyl adjacent to an activating group) is 1. The van der Waals surface area contributed by atoms with E-state index >= 15 is 0 Å². The minimum absolute atomic E-state index is 0.0560. The minimum Gasteiger partial charge on any atom is -0.307 e. The molecule has 0 bridgehead atoms. The summed E-state index contributed by atoms with van der Waals surface area (Å²) < 4.78 is 0.851. The normalized spacial score (nSPS) is 20.5. The molecule has 0 aromatic rings. The van der Waals surface area contributed by atoms with Crippen LogP contribution in [-0.4, -0.2) is 42.0 Å². The Labute approximate surface area is 174 Å². The third kappa shape index (κ3) is 8.89. The van der Waals surface area contributed by atoms with Gasteiger partial charge in [0.2, 0.25) is 5.91 Å². The van der Waals surface area contributed by atoms with E-state index in [9.17, 15) is 4.79 Å². The van der Waals surface area contributed by atoms with Crippen LogP contribution in [0.25, 0.3) is 0 Å². The van der Waals surface area contributed by atoms with Crippen molar-refractivity contribution in [1.82, 2.24) is 5.32 Å². The van der Waals surface area contributed by atoms with Crippen molar-refractivity contribution in [2.75, 3.05) is 19.6 Å². The summed E-state index contributed by atoms with van der Waals surface area (Å²) in [5, 5.41) is 3.10. The van der Waals surface area contributed by atoms with Crippen LogP contribution in [0.3, 0.4) is 0 Å². The lowest BCUT2D eigenvalue weighted by Gasteiger charge is -2.39. The fourth-order valence-corrected chi connectivity index (χ4v) is 4.38. The average Bonchev–Trinajstić information content (AvgIpc) is 3.09. The first-order valence-corrected chi connectivity index (χ1v) is 11.9. The molecule has 0 saturated heterocycles. The fourth-order valence-electron chi connectivity index (χ4n) is 4.38. The molecule has 0 fully saturated rings. The summed E-state index contributed by atoms with van der Waals surface area (Å²) in [5.74, 6) is 1.36. The topological polar surface area (TPSA) is 41.5 Å². The van der Waals surface area contributed by atoms with Crippen LogP contribution < -0.4 is 5.32 Å². The molecule has 162 valence electrons. The summed E-state index contributed by atoms with van der Waals surface area (Å²) in [5.41, 5.74) is 0. The smallest absolute Gasteiger partial charge is 0.221 e. The minimum atomic E-state index is 0.0560. The van der Waals surface area contributed by atoms with E-state index in [4.69, 9.17) is 4.99 Å². The highest BCUT2D eigenvalue weighted by molar-refractivity contribution is 5.78. The standard InChI is InChI=1S/C24H45N3O/c1-5-7-8-9-10-11-12-13-14-15-16-17-18-19-24-25-20-21-27(24,6-2)22(3)26-23(4)28/h10-11,22H,5-9,12-21H2,1-4H3/p+1/b11-10+. The quantitative estimate of drug-likeness (QED) is 0.196. The van der Waals surface area contributed by atoms with Gasteiger partial charge in [0, 0.05) is 20.3 Å². The lowest BCUT2D eigenvalue weighted by Crippen LogP contribution is -2.62. The van der Waals surface area contributed by atoms with E-state index < -0.39 is 0 Å². The van der Waals surface area contributed by atoms with Crippen LogP contribution in [0.4, 0.5) is 0 Å². The Kier molecular flexibility index (Phi) is 13.1. The van der Waals surface area contributed by atoms with Gasteiger partial charge in [-0.3, -0.25) is 9.28 Å². The molecule has 0 radical (unpaired) electrons. The molecule has 0 spiro atoms. The number of amidine groups is 1. The predicted octanol–water partition coefficient (Wildman–Crippen LogP) is 5.97. The van der Waals surface area contributed by atoms with Crippen molar-refractivity contribution in [2.24, 2.45) is 4.99 Å². The highest BCUT2D eigenvalue weighted by atomic mass is 16.1. The van der Waals surface area contributed by atoms with Crippen molar-refractivity contribution in [3.05, 3.63) is 12.2 Å². The van der Waals surface area contributed by atoms with Crippen molar-refractivity contribution >= 4 is 11.7 Å². The molecule has 0 saturated carbocycles. The first-order valence-electron chi connectivity index (χ1n) is 11.9. The molecule has 1 aliphatic rings. The van der Waals surface area contributed by atoms with Gasteiger partial charge >= 0.3 is 0 Å². The number of allylic oxidation sites excluding steroid dienone is 2. The molecule has 1 N–H and O–H groups in total. The number of hydrogen-bond acceptors (Lipinski definition) is 2. The second kappa shape index (κ2) is 14.8. The van der Waals surface area contributed by atoms with Crippen LogP contribution >= 0.6 is 0 Å². The molecule has 0 aromatic heterocycles. The number of carbonyl (C=O) groups excluding carboxylic acids is 1. The lowest BCUT2D eigenvalue weighted by molar-refractivity contribution is -0.861. The van der Waals surface area contributed by atoms with E-state index in [-0.39, 0.29) is 12.1 Å². The summed E-state index contributed by atoms with van der Waals surface area (Å²) in [4.78, 5) is 16.3. The zero-order valence-electron chi connectivity index (χ0n) is 19.1. The van der Waals surface area contributed by atoms with Crippen molar-refractivity contribution in [3.63, 3.8) is 0 Å². The van der Waals surface area contributed by atoms with Gasteiger partial charge in [0.15, 0.2) is 12.0 Å². The Hall–Kier alpha value is -1.16. The van der Waals surface area contributed by atoms with E-state index in [1.165, 1.54) is 76.5 Å². The van der Waals surface area contributed by atoms with Crippen LogP contribution in [0.15, 0.2) is 17.1 Å². The van der Waals surface area contributed by atoms with Crippen molar-refractivity contribution < 1.29 is 9.28 Å². The SMILES string of the molecule is CCCCC/C=C/CCCCCCCCC1=NCC[N+]1(CC)C(C)NC(C)=O. The number of rotatable bonds is 16. The molecule has 1 rings (SSSR count). The second-order valence-corrected chi connectivity index (χ2v) is 8.38. The van der Waals surface area contributed by atoms with Gasteiger partial charge in [-0.2, -0.15) is 0 Å². The molecular formula is C24H46N3O+. The van der Waals surface area contributed by atoms with Crippen LogP contribution in [0, 0.1) is 0 Å². The van der Waals surface area contributed by atoms with Gasteiger partial charge < -0.3 is 5.32 Å². The number of carbonyl (C=O) groups is 1. The average molecular weight is 393 g/mol. The molecule has 2 unspecified atom stereocenters. The Morgan fingerprint density at radius 2 is 1.64 bits per heavy atom. The maximum Gasteiger partial charge on any atom is 0.221 e. The third-order valence-corrected chi connectivity index (χ3v) is 6.19. The summed E-state index contributed by atoms with van der Waals surface area (Å²) in [6.45, 7) is 11.2. The number of amides is 1. The molecule has 4 nitrogen and oxygen atoms in total. The third-order valence-electron chi connectivity index (χ3n) is 6.19. The number of aliphatic imine (C=N–C) groups is 1. The molecule has 1 amide bonds. The second-order valence-electron chi connectivity index (χ2n) is 8.38. The number of unbranched alkanes of at least 4 members (excludes halogenated alkanes) is 9. The Balaban J connectivity index is 2.14. The highest BCUT2D eigenvalue weighted by Crippen LogP contribution is 2.23. The van der Waals surface area contributed by atoms with Gasteiger partial charge in [-0.15, -0.1) is 0 Å². The predicted molar refractivity (Wildman–Crippen MR) is 121 cm³/mol. The fraction of sp³-hybridized carbons (Fsp3) is 0.833. The monoisotopic (exact) mass is 392 g/mol.